The molecule has 0 aliphatic carbocycles. The summed E-state index contributed by atoms with van der Waals surface area (Å²) >= 11 is 0. The number of carboxylic acids is 1. The van der Waals surface area contributed by atoms with Gasteiger partial charge in [-0.05, 0) is 30.7 Å². The zero-order valence-electron chi connectivity index (χ0n) is 11.4. The summed E-state index contributed by atoms with van der Waals surface area (Å²) in [4.78, 5) is 19.9. The van der Waals surface area contributed by atoms with Crippen LogP contribution in [0.25, 0.3) is 10.9 Å². The Morgan fingerprint density at radius 3 is 2.76 bits per heavy atom. The van der Waals surface area contributed by atoms with E-state index in [9.17, 15) is 9.90 Å². The molecule has 0 radical (unpaired) electrons. The van der Waals surface area contributed by atoms with Crippen molar-refractivity contribution in [2.24, 2.45) is 0 Å². The highest BCUT2D eigenvalue weighted by molar-refractivity contribution is 6.03. The molecule has 0 bridgehead atoms. The standard InChI is InChI=1S/C16H13N3O2/c1-10-6-11(9-17-8-10)18-15-7-13(16(20)21)12-4-2-3-5-14(12)19-15/h2-9H,1H3,(H,18,19)(H,20,21). The first kappa shape index (κ1) is 13.1. The first-order valence-corrected chi connectivity index (χ1v) is 6.45. The maximum absolute atomic E-state index is 11.4. The maximum Gasteiger partial charge on any atom is 0.336 e. The Bertz CT molecular complexity index is 831. The second-order valence-corrected chi connectivity index (χ2v) is 4.75. The molecule has 0 amide bonds. The molecule has 0 fully saturated rings. The monoisotopic (exact) mass is 279 g/mol. The molecular formula is C16H13N3O2. The largest absolute Gasteiger partial charge is 0.478 e. The molecule has 5 heteroatoms. The van der Waals surface area contributed by atoms with E-state index in [2.05, 4.69) is 15.3 Å². The number of pyridine rings is 2. The zero-order chi connectivity index (χ0) is 14.8. The number of carboxylic acid groups (broad SMARTS) is 1. The summed E-state index contributed by atoms with van der Waals surface area (Å²) in [7, 11) is 0. The number of aryl methyl sites for hydroxylation is 1. The third-order valence-electron chi connectivity index (χ3n) is 3.09. The summed E-state index contributed by atoms with van der Waals surface area (Å²) in [5.74, 6) is -0.488. The molecule has 21 heavy (non-hydrogen) atoms. The molecule has 3 aromatic rings. The lowest BCUT2D eigenvalue weighted by atomic mass is 10.1. The molecule has 0 saturated heterocycles. The van der Waals surface area contributed by atoms with Crippen LogP contribution >= 0.6 is 0 Å². The average molecular weight is 279 g/mol. The Balaban J connectivity index is 2.09. The number of anilines is 2. The van der Waals surface area contributed by atoms with Gasteiger partial charge >= 0.3 is 5.97 Å². The van der Waals surface area contributed by atoms with E-state index in [0.717, 1.165) is 11.3 Å². The van der Waals surface area contributed by atoms with Crippen LogP contribution in [-0.2, 0) is 0 Å². The highest BCUT2D eigenvalue weighted by atomic mass is 16.4. The minimum Gasteiger partial charge on any atom is -0.478 e. The van der Waals surface area contributed by atoms with Crippen LogP contribution in [0, 0.1) is 6.92 Å². The van der Waals surface area contributed by atoms with Crippen molar-refractivity contribution in [3.63, 3.8) is 0 Å². The van der Waals surface area contributed by atoms with Crippen molar-refractivity contribution in [2.75, 3.05) is 5.32 Å². The van der Waals surface area contributed by atoms with Crippen molar-refractivity contribution in [1.29, 1.82) is 0 Å². The average Bonchev–Trinajstić information content (AvgIpc) is 2.46. The number of aromatic nitrogens is 2. The van der Waals surface area contributed by atoms with E-state index in [0.29, 0.717) is 16.7 Å². The molecule has 0 spiro atoms. The fourth-order valence-electron chi connectivity index (χ4n) is 2.19. The zero-order valence-corrected chi connectivity index (χ0v) is 11.4. The van der Waals surface area contributed by atoms with E-state index in [1.165, 1.54) is 6.07 Å². The van der Waals surface area contributed by atoms with Gasteiger partial charge in [0.1, 0.15) is 5.82 Å². The van der Waals surface area contributed by atoms with E-state index >= 15 is 0 Å². The third-order valence-corrected chi connectivity index (χ3v) is 3.09. The van der Waals surface area contributed by atoms with Crippen molar-refractivity contribution >= 4 is 28.4 Å². The lowest BCUT2D eigenvalue weighted by Gasteiger charge is -2.09. The van der Waals surface area contributed by atoms with Crippen LogP contribution < -0.4 is 5.32 Å². The number of nitrogens with one attached hydrogen (secondary N) is 1. The fourth-order valence-corrected chi connectivity index (χ4v) is 2.19. The molecule has 2 heterocycles. The highest BCUT2D eigenvalue weighted by Crippen LogP contribution is 2.23. The number of benzene rings is 1. The number of fused-ring (bicyclic) bond motifs is 1. The first-order valence-electron chi connectivity index (χ1n) is 6.45. The number of carbonyl (C=O) groups is 1. The van der Waals surface area contributed by atoms with Gasteiger partial charge in [-0.3, -0.25) is 4.98 Å². The van der Waals surface area contributed by atoms with Gasteiger partial charge in [0.25, 0.3) is 0 Å². The Hall–Kier alpha value is -2.95. The van der Waals surface area contributed by atoms with Gasteiger partial charge in [0.15, 0.2) is 0 Å². The molecule has 0 aliphatic rings. The van der Waals surface area contributed by atoms with E-state index in [-0.39, 0.29) is 5.56 Å². The number of hydrogen-bond acceptors (Lipinski definition) is 4. The SMILES string of the molecule is Cc1cncc(Nc2cc(C(=O)O)c3ccccc3n2)c1. The van der Waals surface area contributed by atoms with Gasteiger partial charge in [0.05, 0.1) is 23.0 Å². The van der Waals surface area contributed by atoms with Crippen LogP contribution in [0.4, 0.5) is 11.5 Å². The van der Waals surface area contributed by atoms with E-state index in [1.54, 1.807) is 30.6 Å². The minimum absolute atomic E-state index is 0.226. The molecule has 0 saturated carbocycles. The van der Waals surface area contributed by atoms with E-state index < -0.39 is 5.97 Å². The topological polar surface area (TPSA) is 75.1 Å². The predicted octanol–water partition coefficient (Wildman–Crippen LogP) is 3.38. The summed E-state index contributed by atoms with van der Waals surface area (Å²) in [5, 5.41) is 13.1. The number of nitrogens with zero attached hydrogens (tertiary/aromatic N) is 2. The second kappa shape index (κ2) is 5.20. The van der Waals surface area contributed by atoms with Gasteiger partial charge in [-0.25, -0.2) is 9.78 Å². The Morgan fingerprint density at radius 2 is 2.00 bits per heavy atom. The highest BCUT2D eigenvalue weighted by Gasteiger charge is 2.11. The van der Waals surface area contributed by atoms with E-state index in [4.69, 9.17) is 0 Å². The van der Waals surface area contributed by atoms with Crippen LogP contribution in [0.2, 0.25) is 0 Å². The van der Waals surface area contributed by atoms with Crippen LogP contribution in [0.1, 0.15) is 15.9 Å². The fraction of sp³-hybridized carbons (Fsp3) is 0.0625. The summed E-state index contributed by atoms with van der Waals surface area (Å²) in [6.07, 6.45) is 3.42. The van der Waals surface area contributed by atoms with Crippen LogP contribution in [0.3, 0.4) is 0 Å². The predicted molar refractivity (Wildman–Crippen MR) is 81.0 cm³/mol. The van der Waals surface area contributed by atoms with Crippen LogP contribution in [-0.4, -0.2) is 21.0 Å². The third kappa shape index (κ3) is 2.67. The normalized spacial score (nSPS) is 10.5. The molecule has 0 aliphatic heterocycles. The number of hydrogen-bond donors (Lipinski definition) is 2. The van der Waals surface area contributed by atoms with Gasteiger partial charge < -0.3 is 10.4 Å². The van der Waals surface area contributed by atoms with Gasteiger partial charge in [-0.2, -0.15) is 0 Å². The lowest BCUT2D eigenvalue weighted by molar-refractivity contribution is 0.0699. The first-order chi connectivity index (χ1) is 10.1. The number of rotatable bonds is 3. The van der Waals surface area contributed by atoms with Crippen LogP contribution in [0.15, 0.2) is 48.8 Å². The molecular weight excluding hydrogens is 266 g/mol. The number of para-hydroxylation sites is 1. The molecule has 0 unspecified atom stereocenters. The van der Waals surface area contributed by atoms with Gasteiger partial charge in [-0.1, -0.05) is 18.2 Å². The molecule has 104 valence electrons. The lowest BCUT2D eigenvalue weighted by Crippen LogP contribution is -2.02. The summed E-state index contributed by atoms with van der Waals surface area (Å²) in [5.41, 5.74) is 2.65. The van der Waals surface area contributed by atoms with Crippen LogP contribution in [0.5, 0.6) is 0 Å². The van der Waals surface area contributed by atoms with Crippen molar-refractivity contribution in [1.82, 2.24) is 9.97 Å². The Morgan fingerprint density at radius 1 is 1.19 bits per heavy atom. The quantitative estimate of drug-likeness (QED) is 0.768. The molecule has 0 atom stereocenters. The molecule has 3 rings (SSSR count). The minimum atomic E-state index is -0.973. The summed E-state index contributed by atoms with van der Waals surface area (Å²) < 4.78 is 0. The van der Waals surface area contributed by atoms with E-state index in [1.807, 2.05) is 19.1 Å². The second-order valence-electron chi connectivity index (χ2n) is 4.75. The summed E-state index contributed by atoms with van der Waals surface area (Å²) in [6, 6.07) is 10.6. The van der Waals surface area contributed by atoms with Gasteiger partial charge in [0, 0.05) is 11.6 Å². The van der Waals surface area contributed by atoms with Gasteiger partial charge in [-0.15, -0.1) is 0 Å². The van der Waals surface area contributed by atoms with Crippen molar-refractivity contribution < 1.29 is 9.90 Å². The van der Waals surface area contributed by atoms with Crippen molar-refractivity contribution in [3.05, 3.63) is 59.9 Å². The Kier molecular flexibility index (Phi) is 3.23. The summed E-state index contributed by atoms with van der Waals surface area (Å²) in [6.45, 7) is 1.94. The van der Waals surface area contributed by atoms with Crippen molar-refractivity contribution in [2.45, 2.75) is 6.92 Å². The van der Waals surface area contributed by atoms with Gasteiger partial charge in [0.2, 0.25) is 0 Å². The maximum atomic E-state index is 11.4. The molecule has 2 aromatic heterocycles. The molecule has 1 aromatic carbocycles. The Labute approximate surface area is 121 Å². The molecule has 5 nitrogen and oxygen atoms in total. The number of aromatic carboxylic acids is 1. The molecule has 2 N–H and O–H groups in total. The smallest absolute Gasteiger partial charge is 0.336 e. The van der Waals surface area contributed by atoms with Crippen molar-refractivity contribution in [3.8, 4) is 0 Å².